The number of thioether (sulfide) groups is 2. The van der Waals surface area contributed by atoms with Crippen LogP contribution < -0.4 is 5.56 Å². The van der Waals surface area contributed by atoms with Crippen molar-refractivity contribution in [2.45, 2.75) is 37.2 Å². The average Bonchev–Trinajstić information content (AvgIpc) is 2.35. The van der Waals surface area contributed by atoms with Crippen LogP contribution in [-0.4, -0.2) is 26.7 Å². The van der Waals surface area contributed by atoms with Gasteiger partial charge in [0.1, 0.15) is 5.82 Å². The first-order valence-corrected chi connectivity index (χ1v) is 9.33. The van der Waals surface area contributed by atoms with Gasteiger partial charge in [0.15, 0.2) is 0 Å². The van der Waals surface area contributed by atoms with Crippen molar-refractivity contribution in [3.63, 3.8) is 0 Å². The zero-order valence-electron chi connectivity index (χ0n) is 10.5. The molecule has 100 valence electrons. The third-order valence-corrected chi connectivity index (χ3v) is 7.11. The minimum atomic E-state index is 0.0208. The third-order valence-electron chi connectivity index (χ3n) is 2.89. The summed E-state index contributed by atoms with van der Waals surface area (Å²) in [6, 6.07) is 0. The minimum Gasteiger partial charge on any atom is -0.309 e. The second kappa shape index (κ2) is 6.65. The monoisotopic (exact) mass is 396 g/mol. The maximum absolute atomic E-state index is 12.0. The number of H-pyrrole nitrogens is 1. The van der Waals surface area contributed by atoms with Crippen LogP contribution in [0, 0.1) is 3.57 Å². The molecule has 0 bridgehead atoms. The highest BCUT2D eigenvalue weighted by Gasteiger charge is 2.27. The molecule has 2 atom stereocenters. The average molecular weight is 396 g/mol. The number of aromatic amines is 1. The molecule has 1 saturated heterocycles. The van der Waals surface area contributed by atoms with Crippen molar-refractivity contribution in [2.75, 3.05) is 11.5 Å². The van der Waals surface area contributed by atoms with Crippen LogP contribution in [0.4, 0.5) is 0 Å². The smallest absolute Gasteiger partial charge is 0.264 e. The number of nitrogens with zero attached hydrogens (tertiary/aromatic N) is 1. The van der Waals surface area contributed by atoms with Crippen molar-refractivity contribution in [1.82, 2.24) is 9.97 Å². The molecule has 6 heteroatoms. The van der Waals surface area contributed by atoms with Crippen LogP contribution in [0.15, 0.2) is 4.79 Å². The Balaban J connectivity index is 2.35. The van der Waals surface area contributed by atoms with Crippen LogP contribution in [0.1, 0.15) is 37.0 Å². The predicted molar refractivity (Wildman–Crippen MR) is 88.7 cm³/mol. The quantitative estimate of drug-likeness (QED) is 0.797. The molecule has 2 rings (SSSR count). The van der Waals surface area contributed by atoms with Crippen LogP contribution in [0.5, 0.6) is 0 Å². The highest BCUT2D eigenvalue weighted by Crippen LogP contribution is 2.40. The van der Waals surface area contributed by atoms with E-state index in [1.807, 2.05) is 23.5 Å². The van der Waals surface area contributed by atoms with Crippen LogP contribution in [0.25, 0.3) is 0 Å². The van der Waals surface area contributed by atoms with Crippen molar-refractivity contribution in [3.05, 3.63) is 25.4 Å². The molecule has 0 amide bonds. The highest BCUT2D eigenvalue weighted by atomic mass is 127. The summed E-state index contributed by atoms with van der Waals surface area (Å²) in [4.78, 5) is 19.6. The summed E-state index contributed by atoms with van der Waals surface area (Å²) < 4.78 is 0.749. The van der Waals surface area contributed by atoms with Crippen molar-refractivity contribution >= 4 is 46.1 Å². The van der Waals surface area contributed by atoms with Crippen LogP contribution >= 0.6 is 46.1 Å². The van der Waals surface area contributed by atoms with Gasteiger partial charge in [-0.25, -0.2) is 4.98 Å². The standard InChI is InChI=1S/C12H17IN2OS2/c1-3-4-8-9(13)12(16)15-11(14-8)10-7(2)17-5-6-18-10/h7,10H,3-6H2,1-2H3,(H,14,15,16). The lowest BCUT2D eigenvalue weighted by Gasteiger charge is -2.27. The number of aryl methyl sites for hydroxylation is 1. The summed E-state index contributed by atoms with van der Waals surface area (Å²) in [6.45, 7) is 4.34. The summed E-state index contributed by atoms with van der Waals surface area (Å²) in [6.07, 6.45) is 1.90. The van der Waals surface area contributed by atoms with E-state index in [1.165, 1.54) is 5.75 Å². The molecule has 1 aliphatic heterocycles. The van der Waals surface area contributed by atoms with Gasteiger partial charge in [0.25, 0.3) is 5.56 Å². The van der Waals surface area contributed by atoms with Crippen molar-refractivity contribution in [1.29, 1.82) is 0 Å². The zero-order valence-corrected chi connectivity index (χ0v) is 14.3. The van der Waals surface area contributed by atoms with Crippen molar-refractivity contribution < 1.29 is 0 Å². The number of hydrogen-bond donors (Lipinski definition) is 1. The first-order chi connectivity index (χ1) is 8.63. The number of halogens is 1. The lowest BCUT2D eigenvalue weighted by molar-refractivity contribution is 0.771. The second-order valence-electron chi connectivity index (χ2n) is 4.33. The van der Waals surface area contributed by atoms with E-state index in [-0.39, 0.29) is 5.56 Å². The third kappa shape index (κ3) is 3.25. The molecule has 0 saturated carbocycles. The first-order valence-electron chi connectivity index (χ1n) is 6.15. The number of nitrogens with one attached hydrogen (secondary N) is 1. The van der Waals surface area contributed by atoms with Gasteiger partial charge in [-0.3, -0.25) is 4.79 Å². The normalized spacial score (nSPS) is 24.2. The summed E-state index contributed by atoms with van der Waals surface area (Å²) in [5.74, 6) is 3.20. The molecule has 1 fully saturated rings. The van der Waals surface area contributed by atoms with E-state index < -0.39 is 0 Å². The van der Waals surface area contributed by atoms with E-state index in [4.69, 9.17) is 4.98 Å². The summed E-state index contributed by atoms with van der Waals surface area (Å²) in [5, 5.41) is 0.838. The molecule has 0 aliphatic carbocycles. The van der Waals surface area contributed by atoms with Gasteiger partial charge in [0, 0.05) is 16.8 Å². The molecule has 0 spiro atoms. The molecule has 2 unspecified atom stereocenters. The first kappa shape index (κ1) is 14.7. The topological polar surface area (TPSA) is 45.8 Å². The maximum Gasteiger partial charge on any atom is 0.264 e. The number of aromatic nitrogens is 2. The Kier molecular flexibility index (Phi) is 5.44. The number of hydrogen-bond acceptors (Lipinski definition) is 4. The lowest BCUT2D eigenvalue weighted by Crippen LogP contribution is -2.24. The fourth-order valence-corrected chi connectivity index (χ4v) is 5.23. The largest absolute Gasteiger partial charge is 0.309 e. The van der Waals surface area contributed by atoms with E-state index in [1.54, 1.807) is 0 Å². The lowest BCUT2D eigenvalue weighted by atomic mass is 10.2. The molecule has 0 radical (unpaired) electrons. The molecule has 1 aliphatic rings. The van der Waals surface area contributed by atoms with Gasteiger partial charge in [0.05, 0.1) is 14.5 Å². The Morgan fingerprint density at radius 1 is 1.44 bits per heavy atom. The van der Waals surface area contributed by atoms with E-state index >= 15 is 0 Å². The Hall–Kier alpha value is 0.310. The van der Waals surface area contributed by atoms with Crippen LogP contribution in [-0.2, 0) is 6.42 Å². The van der Waals surface area contributed by atoms with Gasteiger partial charge < -0.3 is 4.98 Å². The van der Waals surface area contributed by atoms with Gasteiger partial charge in [-0.05, 0) is 29.0 Å². The molecule has 0 aromatic carbocycles. The highest BCUT2D eigenvalue weighted by molar-refractivity contribution is 14.1. The Labute approximate surface area is 129 Å². The van der Waals surface area contributed by atoms with Crippen molar-refractivity contribution in [2.24, 2.45) is 0 Å². The number of rotatable bonds is 3. The van der Waals surface area contributed by atoms with E-state index in [2.05, 4.69) is 41.4 Å². The van der Waals surface area contributed by atoms with E-state index in [9.17, 15) is 4.79 Å². The van der Waals surface area contributed by atoms with Gasteiger partial charge in [-0.15, -0.1) is 11.8 Å². The molecule has 18 heavy (non-hydrogen) atoms. The van der Waals surface area contributed by atoms with Crippen LogP contribution in [0.2, 0.25) is 0 Å². The molecule has 3 nitrogen and oxygen atoms in total. The summed E-state index contributed by atoms with van der Waals surface area (Å²) >= 11 is 5.98. The Morgan fingerprint density at radius 3 is 2.83 bits per heavy atom. The fraction of sp³-hybridized carbons (Fsp3) is 0.667. The Bertz CT molecular complexity index is 478. The minimum absolute atomic E-state index is 0.0208. The molecule has 1 aromatic rings. The molecular weight excluding hydrogens is 379 g/mol. The van der Waals surface area contributed by atoms with Gasteiger partial charge in [0.2, 0.25) is 0 Å². The second-order valence-corrected chi connectivity index (χ2v) is 8.14. The van der Waals surface area contributed by atoms with Gasteiger partial charge in [-0.2, -0.15) is 11.8 Å². The van der Waals surface area contributed by atoms with Gasteiger partial charge >= 0.3 is 0 Å². The van der Waals surface area contributed by atoms with E-state index in [0.29, 0.717) is 10.5 Å². The Morgan fingerprint density at radius 2 is 2.17 bits per heavy atom. The molecular formula is C12H17IN2OS2. The maximum atomic E-state index is 12.0. The van der Waals surface area contributed by atoms with Crippen molar-refractivity contribution in [3.8, 4) is 0 Å². The van der Waals surface area contributed by atoms with E-state index in [0.717, 1.165) is 33.7 Å². The zero-order chi connectivity index (χ0) is 13.1. The predicted octanol–water partition coefficient (Wildman–Crippen LogP) is 3.24. The van der Waals surface area contributed by atoms with Crippen LogP contribution in [0.3, 0.4) is 0 Å². The molecule has 1 aromatic heterocycles. The summed E-state index contributed by atoms with van der Waals surface area (Å²) in [5.41, 5.74) is 0.979. The molecule has 2 heterocycles. The summed E-state index contributed by atoms with van der Waals surface area (Å²) in [7, 11) is 0. The molecule has 1 N–H and O–H groups in total. The SMILES string of the molecule is CCCc1nc(C2SCCSC2C)[nH]c(=O)c1I. The fourth-order valence-electron chi connectivity index (χ4n) is 2.00. The van der Waals surface area contributed by atoms with Gasteiger partial charge in [-0.1, -0.05) is 20.3 Å².